The molecular weight excluding hydrogens is 162 g/mol. The van der Waals surface area contributed by atoms with Gasteiger partial charge in [0.15, 0.2) is 5.84 Å². The number of hydrogen-bond donors (Lipinski definition) is 1. The van der Waals surface area contributed by atoms with Crippen LogP contribution in [-0.2, 0) is 0 Å². The predicted molar refractivity (Wildman–Crippen MR) is 53.6 cm³/mol. The van der Waals surface area contributed by atoms with Crippen LogP contribution < -0.4 is 5.43 Å². The average Bonchev–Trinajstić information content (AvgIpc) is 2.50. The Morgan fingerprint density at radius 1 is 1.62 bits per heavy atom. The Hall–Kier alpha value is -1.77. The molecule has 0 fully saturated rings. The first-order chi connectivity index (χ1) is 6.33. The number of hydrazone groups is 1. The van der Waals surface area contributed by atoms with E-state index in [2.05, 4.69) is 23.7 Å². The van der Waals surface area contributed by atoms with E-state index in [0.29, 0.717) is 0 Å². The quantitative estimate of drug-likeness (QED) is 0.644. The zero-order chi connectivity index (χ0) is 9.26. The van der Waals surface area contributed by atoms with Gasteiger partial charge in [0, 0.05) is 11.8 Å². The lowest BCUT2D eigenvalue weighted by atomic mass is 10.1. The summed E-state index contributed by atoms with van der Waals surface area (Å²) in [5.41, 5.74) is 4.00. The standard InChI is InChI=1S/C10H11N3/c1-3-5-9-6-4-7-13-8(2)11-12-10(9)13/h3-4,6-7,11H,1-2,5H2. The van der Waals surface area contributed by atoms with E-state index in [1.165, 1.54) is 0 Å². The SMILES string of the molecule is C=CCC1=CC=CN2C(=C)NN=C12. The molecule has 0 atom stereocenters. The number of hydrogen-bond acceptors (Lipinski definition) is 3. The number of allylic oxidation sites excluding steroid dienone is 3. The lowest BCUT2D eigenvalue weighted by Gasteiger charge is -2.19. The van der Waals surface area contributed by atoms with Gasteiger partial charge in [-0.05, 0) is 12.5 Å². The van der Waals surface area contributed by atoms with Crippen molar-refractivity contribution >= 4 is 5.84 Å². The molecule has 0 saturated carbocycles. The Kier molecular flexibility index (Phi) is 1.77. The summed E-state index contributed by atoms with van der Waals surface area (Å²) in [6.45, 7) is 7.54. The molecule has 0 amide bonds. The summed E-state index contributed by atoms with van der Waals surface area (Å²) in [5, 5.41) is 4.16. The highest BCUT2D eigenvalue weighted by molar-refractivity contribution is 6.02. The largest absolute Gasteiger partial charge is 0.285 e. The molecule has 0 aromatic rings. The van der Waals surface area contributed by atoms with Crippen LogP contribution >= 0.6 is 0 Å². The van der Waals surface area contributed by atoms with E-state index >= 15 is 0 Å². The van der Waals surface area contributed by atoms with Gasteiger partial charge in [-0.2, -0.15) is 5.10 Å². The van der Waals surface area contributed by atoms with Crippen molar-refractivity contribution in [2.45, 2.75) is 6.42 Å². The van der Waals surface area contributed by atoms with Crippen LogP contribution in [0, 0.1) is 0 Å². The molecule has 0 aromatic heterocycles. The minimum atomic E-state index is 0.793. The third-order valence-electron chi connectivity index (χ3n) is 1.99. The van der Waals surface area contributed by atoms with Crippen LogP contribution in [-0.4, -0.2) is 10.7 Å². The van der Waals surface area contributed by atoms with Crippen molar-refractivity contribution in [3.63, 3.8) is 0 Å². The molecule has 66 valence electrons. The van der Waals surface area contributed by atoms with Crippen molar-refractivity contribution in [2.75, 3.05) is 0 Å². The Morgan fingerprint density at radius 2 is 2.46 bits per heavy atom. The monoisotopic (exact) mass is 173 g/mol. The molecular formula is C10H11N3. The topological polar surface area (TPSA) is 27.6 Å². The number of nitrogens with zero attached hydrogens (tertiary/aromatic N) is 2. The molecule has 2 rings (SSSR count). The van der Waals surface area contributed by atoms with Crippen LogP contribution in [0.2, 0.25) is 0 Å². The molecule has 0 radical (unpaired) electrons. The van der Waals surface area contributed by atoms with Crippen molar-refractivity contribution in [3.05, 3.63) is 49.0 Å². The van der Waals surface area contributed by atoms with Gasteiger partial charge < -0.3 is 0 Å². The van der Waals surface area contributed by atoms with Gasteiger partial charge in [-0.1, -0.05) is 18.7 Å². The highest BCUT2D eigenvalue weighted by Gasteiger charge is 2.22. The second-order valence-electron chi connectivity index (χ2n) is 2.89. The summed E-state index contributed by atoms with van der Waals surface area (Å²) < 4.78 is 0. The molecule has 2 heterocycles. The van der Waals surface area contributed by atoms with Gasteiger partial charge in [0.1, 0.15) is 5.82 Å². The fraction of sp³-hybridized carbons (Fsp3) is 0.100. The van der Waals surface area contributed by atoms with Gasteiger partial charge in [-0.15, -0.1) is 6.58 Å². The Morgan fingerprint density at radius 3 is 3.23 bits per heavy atom. The van der Waals surface area contributed by atoms with Crippen molar-refractivity contribution < 1.29 is 0 Å². The van der Waals surface area contributed by atoms with Crippen molar-refractivity contribution in [2.24, 2.45) is 5.10 Å². The predicted octanol–water partition coefficient (Wildman–Crippen LogP) is 1.71. The van der Waals surface area contributed by atoms with E-state index in [1.54, 1.807) is 0 Å². The molecule has 1 N–H and O–H groups in total. The summed E-state index contributed by atoms with van der Waals surface area (Å²) in [6.07, 6.45) is 8.66. The highest BCUT2D eigenvalue weighted by Crippen LogP contribution is 2.20. The molecule has 0 aromatic carbocycles. The van der Waals surface area contributed by atoms with Crippen molar-refractivity contribution in [1.29, 1.82) is 0 Å². The molecule has 0 bridgehead atoms. The number of amidine groups is 1. The van der Waals surface area contributed by atoms with E-state index in [0.717, 1.165) is 23.7 Å². The van der Waals surface area contributed by atoms with Gasteiger partial charge >= 0.3 is 0 Å². The number of rotatable bonds is 2. The van der Waals surface area contributed by atoms with Crippen LogP contribution in [0.15, 0.2) is 54.1 Å². The fourth-order valence-electron chi connectivity index (χ4n) is 1.37. The molecule has 0 spiro atoms. The van der Waals surface area contributed by atoms with Crippen molar-refractivity contribution in [3.8, 4) is 0 Å². The molecule has 2 aliphatic heterocycles. The maximum atomic E-state index is 4.16. The second-order valence-corrected chi connectivity index (χ2v) is 2.89. The van der Waals surface area contributed by atoms with Gasteiger partial charge in [-0.25, -0.2) is 0 Å². The van der Waals surface area contributed by atoms with Crippen LogP contribution in [0.4, 0.5) is 0 Å². The maximum Gasteiger partial charge on any atom is 0.162 e. The molecule has 2 aliphatic rings. The van der Waals surface area contributed by atoms with Crippen LogP contribution in [0.5, 0.6) is 0 Å². The number of fused-ring (bicyclic) bond motifs is 1. The van der Waals surface area contributed by atoms with Crippen LogP contribution in [0.3, 0.4) is 0 Å². The zero-order valence-corrected chi connectivity index (χ0v) is 7.33. The van der Waals surface area contributed by atoms with E-state index in [1.807, 2.05) is 29.3 Å². The summed E-state index contributed by atoms with van der Waals surface area (Å²) in [7, 11) is 0. The Bertz CT molecular complexity index is 347. The summed E-state index contributed by atoms with van der Waals surface area (Å²) >= 11 is 0. The van der Waals surface area contributed by atoms with E-state index in [-0.39, 0.29) is 0 Å². The molecule has 0 saturated heterocycles. The lowest BCUT2D eigenvalue weighted by Crippen LogP contribution is -2.24. The zero-order valence-electron chi connectivity index (χ0n) is 7.33. The maximum absolute atomic E-state index is 4.16. The summed E-state index contributed by atoms with van der Waals surface area (Å²) in [5.74, 6) is 1.72. The fourth-order valence-corrected chi connectivity index (χ4v) is 1.37. The van der Waals surface area contributed by atoms with E-state index in [4.69, 9.17) is 0 Å². The van der Waals surface area contributed by atoms with Gasteiger partial charge in [0.25, 0.3) is 0 Å². The second kappa shape index (κ2) is 2.94. The first kappa shape index (κ1) is 7.86. The first-order valence-corrected chi connectivity index (χ1v) is 4.13. The summed E-state index contributed by atoms with van der Waals surface area (Å²) in [6, 6.07) is 0. The smallest absolute Gasteiger partial charge is 0.162 e. The number of nitrogens with one attached hydrogen (secondary N) is 1. The Balaban J connectivity index is 2.31. The minimum absolute atomic E-state index is 0.793. The van der Waals surface area contributed by atoms with Crippen LogP contribution in [0.1, 0.15) is 6.42 Å². The highest BCUT2D eigenvalue weighted by atomic mass is 15.5. The summed E-state index contributed by atoms with van der Waals surface area (Å²) in [4.78, 5) is 1.93. The molecule has 3 heteroatoms. The van der Waals surface area contributed by atoms with Gasteiger partial charge in [0.2, 0.25) is 0 Å². The van der Waals surface area contributed by atoms with Crippen LogP contribution in [0.25, 0.3) is 0 Å². The molecule has 3 nitrogen and oxygen atoms in total. The average molecular weight is 173 g/mol. The molecule has 0 unspecified atom stereocenters. The Labute approximate surface area is 77.4 Å². The van der Waals surface area contributed by atoms with Gasteiger partial charge in [0.05, 0.1) is 0 Å². The van der Waals surface area contributed by atoms with Gasteiger partial charge in [-0.3, -0.25) is 10.3 Å². The normalized spacial score (nSPS) is 19.1. The third-order valence-corrected chi connectivity index (χ3v) is 1.99. The van der Waals surface area contributed by atoms with E-state index in [9.17, 15) is 0 Å². The third kappa shape index (κ3) is 1.18. The lowest BCUT2D eigenvalue weighted by molar-refractivity contribution is 0.667. The van der Waals surface area contributed by atoms with Crippen molar-refractivity contribution in [1.82, 2.24) is 10.3 Å². The van der Waals surface area contributed by atoms with E-state index < -0.39 is 0 Å². The molecule has 13 heavy (non-hydrogen) atoms. The first-order valence-electron chi connectivity index (χ1n) is 4.13. The minimum Gasteiger partial charge on any atom is -0.285 e. The molecule has 0 aliphatic carbocycles.